The zero-order valence-corrected chi connectivity index (χ0v) is 8.25. The number of nitrogens with one attached hydrogen (secondary N) is 1. The van der Waals surface area contributed by atoms with Crippen molar-refractivity contribution in [2.75, 3.05) is 13.1 Å². The van der Waals surface area contributed by atoms with Crippen molar-refractivity contribution in [3.63, 3.8) is 0 Å². The van der Waals surface area contributed by atoms with Gasteiger partial charge in [-0.05, 0) is 13.1 Å². The van der Waals surface area contributed by atoms with Crippen molar-refractivity contribution in [3.8, 4) is 0 Å². The number of hydrogen-bond acceptors (Lipinski definition) is 1. The summed E-state index contributed by atoms with van der Waals surface area (Å²) in [6.07, 6.45) is 2.92. The number of halogens is 1. The average molecular weight is 160 g/mol. The second kappa shape index (κ2) is 5.78. The Kier molecular flexibility index (Phi) is 6.43. The largest absolute Gasteiger partial charge is 0.364 e. The van der Waals surface area contributed by atoms with Crippen molar-refractivity contribution in [2.45, 2.75) is 21.9 Å². The Labute approximate surface area is 73.1 Å². The summed E-state index contributed by atoms with van der Waals surface area (Å²) in [6.45, 7) is 2.57. The molecule has 0 aromatic heterocycles. The van der Waals surface area contributed by atoms with Crippen molar-refractivity contribution < 1.29 is 0 Å². The van der Waals surface area contributed by atoms with Crippen LogP contribution in [0.4, 0.5) is 0 Å². The minimum absolute atomic E-state index is 0. The molecule has 1 nitrogen and oxygen atoms in total. The van der Waals surface area contributed by atoms with E-state index in [-0.39, 0.29) is 12.4 Å². The normalized spacial score (nSPS) is 20.1. The molecule has 1 saturated heterocycles. The first-order valence-electron chi connectivity index (χ1n) is 3.64. The van der Waals surface area contributed by atoms with Crippen LogP contribution < -0.4 is 5.32 Å². The molecule has 1 fully saturated rings. The molecule has 52 valence electrons. The van der Waals surface area contributed by atoms with Crippen LogP contribution in [0.2, 0.25) is 9.10 Å². The van der Waals surface area contributed by atoms with E-state index in [0.717, 1.165) is 4.05 Å². The van der Waals surface area contributed by atoms with Crippen LogP contribution in [0, 0.1) is 0 Å². The highest BCUT2D eigenvalue weighted by Crippen LogP contribution is 2.15. The van der Waals surface area contributed by atoms with Gasteiger partial charge in [-0.25, -0.2) is 0 Å². The van der Waals surface area contributed by atoms with Crippen LogP contribution in [0.1, 0.15) is 12.8 Å². The van der Waals surface area contributed by atoms with Crippen LogP contribution in [-0.2, 0) is 0 Å². The number of rotatable bonds is 1. The molecule has 0 bridgehead atoms. The molecule has 9 heavy (non-hydrogen) atoms. The third-order valence-electron chi connectivity index (χ3n) is 2.04. The summed E-state index contributed by atoms with van der Waals surface area (Å²) in [5.74, 6) is 0. The molecule has 0 amide bonds. The van der Waals surface area contributed by atoms with E-state index in [9.17, 15) is 0 Å². The van der Waals surface area contributed by atoms with Crippen molar-refractivity contribution in [1.29, 1.82) is 0 Å². The van der Waals surface area contributed by atoms with E-state index in [0.29, 0.717) is 20.4 Å². The molecule has 1 N–H and O–H groups in total. The molecule has 1 heterocycles. The molecule has 1 rings (SSSR count). The predicted octanol–water partition coefficient (Wildman–Crippen LogP) is 1.33. The highest BCUT2D eigenvalue weighted by atomic mass is 35.5. The maximum absolute atomic E-state index is 3.37. The second-order valence-corrected chi connectivity index (χ2v) is 4.57. The van der Waals surface area contributed by atoms with E-state index in [1.165, 1.54) is 25.9 Å². The molecule has 1 aliphatic heterocycles. The summed E-state index contributed by atoms with van der Waals surface area (Å²) in [4.78, 5) is 0. The molecule has 0 aromatic carbocycles. The maximum Gasteiger partial charge on any atom is 0.364 e. The molecule has 0 spiro atoms. The Hall–Kier alpha value is 1.02. The van der Waals surface area contributed by atoms with Crippen LogP contribution in [0.3, 0.4) is 0 Å². The van der Waals surface area contributed by atoms with Gasteiger partial charge >= 0.3 is 20.4 Å². The Morgan fingerprint density at radius 2 is 1.89 bits per heavy atom. The van der Waals surface area contributed by atoms with Crippen molar-refractivity contribution in [3.05, 3.63) is 0 Å². The van der Waals surface area contributed by atoms with E-state index in [2.05, 4.69) is 10.4 Å². The molecule has 0 aliphatic carbocycles. The molecule has 0 atom stereocenters. The lowest BCUT2D eigenvalue weighted by Crippen LogP contribution is -2.26. The summed E-state index contributed by atoms with van der Waals surface area (Å²) in [6, 6.07) is 0. The molecule has 1 aliphatic rings. The van der Waals surface area contributed by atoms with Crippen LogP contribution in [0.15, 0.2) is 0 Å². The zero-order valence-electron chi connectivity index (χ0n) is 6.02. The quantitative estimate of drug-likeness (QED) is 0.570. The zero-order chi connectivity index (χ0) is 5.82. The standard InChI is InChI=1S/C5H10N.CH3.ClH.Mg/c1-2-4-6-5-3-1;;;/h1,6H,2-5H2;1H3;1H;. The predicted molar refractivity (Wildman–Crippen MR) is 44.7 cm³/mol. The number of hydrogen-bond donors (Lipinski definition) is 1. The summed E-state index contributed by atoms with van der Waals surface area (Å²) < 4.78 is 1.16. The summed E-state index contributed by atoms with van der Waals surface area (Å²) in [5, 5.41) is 5.80. The van der Waals surface area contributed by atoms with Crippen LogP contribution in [-0.4, -0.2) is 33.5 Å². The summed E-state index contributed by atoms with van der Waals surface area (Å²) in [5.41, 5.74) is 0. The van der Waals surface area contributed by atoms with Crippen LogP contribution in [0.25, 0.3) is 0 Å². The van der Waals surface area contributed by atoms with E-state index < -0.39 is 0 Å². The minimum Gasteiger partial charge on any atom is -0.317 e. The van der Waals surface area contributed by atoms with Gasteiger partial charge in [-0.1, -0.05) is 12.8 Å². The first-order chi connectivity index (χ1) is 3.93. The molecule has 0 unspecified atom stereocenters. The van der Waals surface area contributed by atoms with Crippen LogP contribution >= 0.6 is 12.4 Å². The minimum atomic E-state index is 0. The maximum atomic E-state index is 3.37. The van der Waals surface area contributed by atoms with E-state index >= 15 is 0 Å². The fourth-order valence-electron chi connectivity index (χ4n) is 1.29. The molecule has 0 aromatic rings. The van der Waals surface area contributed by atoms with Gasteiger partial charge in [0, 0.05) is 0 Å². The second-order valence-electron chi connectivity index (χ2n) is 2.60. The van der Waals surface area contributed by atoms with E-state index in [1.54, 1.807) is 0 Å². The first kappa shape index (κ1) is 10.0. The Bertz CT molecular complexity index is 64.1. The topological polar surface area (TPSA) is 12.0 Å². The van der Waals surface area contributed by atoms with Gasteiger partial charge in [0.2, 0.25) is 0 Å². The average Bonchev–Trinajstić information content (AvgIpc) is 1.90. The first-order valence-corrected chi connectivity index (χ1v) is 5.87. The van der Waals surface area contributed by atoms with Crippen LogP contribution in [0.5, 0.6) is 0 Å². The van der Waals surface area contributed by atoms with Gasteiger partial charge in [0.05, 0.1) is 0 Å². The fraction of sp³-hybridized carbons (Fsp3) is 1.00. The lowest BCUT2D eigenvalue weighted by Gasteiger charge is -2.20. The fourth-order valence-corrected chi connectivity index (χ4v) is 2.51. The van der Waals surface area contributed by atoms with Crippen molar-refractivity contribution >= 4 is 32.8 Å². The van der Waals surface area contributed by atoms with Gasteiger partial charge in [0.25, 0.3) is 0 Å². The smallest absolute Gasteiger partial charge is 0.317 e. The number of piperidine rings is 1. The van der Waals surface area contributed by atoms with Gasteiger partial charge in [0.15, 0.2) is 0 Å². The lowest BCUT2D eigenvalue weighted by atomic mass is 10.1. The third-order valence-corrected chi connectivity index (χ3v) is 4.01. The van der Waals surface area contributed by atoms with Gasteiger partial charge < -0.3 is 5.32 Å². The van der Waals surface area contributed by atoms with E-state index in [4.69, 9.17) is 0 Å². The van der Waals surface area contributed by atoms with Gasteiger partial charge in [-0.3, -0.25) is 0 Å². The summed E-state index contributed by atoms with van der Waals surface area (Å²) in [7, 11) is 0. The van der Waals surface area contributed by atoms with Gasteiger partial charge in [0.1, 0.15) is 0 Å². The highest BCUT2D eigenvalue weighted by molar-refractivity contribution is 6.35. The van der Waals surface area contributed by atoms with Gasteiger partial charge in [-0.15, -0.1) is 16.5 Å². The third kappa shape index (κ3) is 3.66. The van der Waals surface area contributed by atoms with E-state index in [1.807, 2.05) is 0 Å². The molecular weight excluding hydrogens is 146 g/mol. The molecular formula is C6H14ClMgN. The SMILES string of the molecule is Cl.[CH3][Mg][CH]1CCNCC1. The summed E-state index contributed by atoms with van der Waals surface area (Å²) >= 11 is 0.328. The Morgan fingerprint density at radius 1 is 1.33 bits per heavy atom. The molecule has 0 saturated carbocycles. The highest BCUT2D eigenvalue weighted by Gasteiger charge is 2.10. The monoisotopic (exact) mass is 159 g/mol. The molecule has 0 radical (unpaired) electrons. The Balaban J connectivity index is 0.000000640. The molecule has 3 heteroatoms. The van der Waals surface area contributed by atoms with Crippen molar-refractivity contribution in [1.82, 2.24) is 5.32 Å². The lowest BCUT2D eigenvalue weighted by molar-refractivity contribution is 0.517. The Morgan fingerprint density at radius 3 is 2.22 bits per heavy atom. The van der Waals surface area contributed by atoms with Crippen molar-refractivity contribution in [2.24, 2.45) is 0 Å². The van der Waals surface area contributed by atoms with Gasteiger partial charge in [-0.2, -0.15) is 5.05 Å².